The number of thiophene rings is 1. The van der Waals surface area contributed by atoms with E-state index in [1.807, 2.05) is 11.3 Å². The number of morpholine rings is 1. The Morgan fingerprint density at radius 1 is 1.60 bits per heavy atom. The van der Waals surface area contributed by atoms with Crippen molar-refractivity contribution >= 4 is 11.3 Å². The molecule has 15 heavy (non-hydrogen) atoms. The molecule has 1 fully saturated rings. The summed E-state index contributed by atoms with van der Waals surface area (Å²) in [6, 6.07) is 4.34. The summed E-state index contributed by atoms with van der Waals surface area (Å²) < 4.78 is 5.41. The zero-order valence-electron chi connectivity index (χ0n) is 8.98. The largest absolute Gasteiger partial charge is 0.394 e. The summed E-state index contributed by atoms with van der Waals surface area (Å²) in [6.45, 7) is 5.78. The lowest BCUT2D eigenvalue weighted by molar-refractivity contribution is -0.0548. The third kappa shape index (κ3) is 3.01. The molecule has 3 nitrogen and oxygen atoms in total. The van der Waals surface area contributed by atoms with Gasteiger partial charge < -0.3 is 9.84 Å². The minimum absolute atomic E-state index is 0.000177. The molecule has 0 radical (unpaired) electrons. The van der Waals surface area contributed by atoms with Crippen LogP contribution in [0.4, 0.5) is 0 Å². The summed E-state index contributed by atoms with van der Waals surface area (Å²) in [7, 11) is 0. The molecule has 2 rings (SSSR count). The molecular formula is C11H17NO2S. The molecule has 1 atom stereocenters. The van der Waals surface area contributed by atoms with Crippen LogP contribution < -0.4 is 0 Å². The number of aliphatic hydroxyl groups is 1. The van der Waals surface area contributed by atoms with E-state index in [2.05, 4.69) is 24.0 Å². The van der Waals surface area contributed by atoms with Crippen molar-refractivity contribution in [3.8, 4) is 0 Å². The van der Waals surface area contributed by atoms with Crippen LogP contribution in [0, 0.1) is 6.92 Å². The van der Waals surface area contributed by atoms with Gasteiger partial charge in [-0.25, -0.2) is 0 Å². The van der Waals surface area contributed by atoms with Gasteiger partial charge in [-0.05, 0) is 19.1 Å². The molecule has 0 aliphatic carbocycles. The van der Waals surface area contributed by atoms with Crippen molar-refractivity contribution in [1.29, 1.82) is 0 Å². The number of hydrogen-bond donors (Lipinski definition) is 1. The van der Waals surface area contributed by atoms with Crippen LogP contribution in [0.2, 0.25) is 0 Å². The Kier molecular flexibility index (Phi) is 3.75. The third-order valence-electron chi connectivity index (χ3n) is 2.60. The second-order valence-corrected chi connectivity index (χ2v) is 5.30. The minimum Gasteiger partial charge on any atom is -0.394 e. The molecule has 0 amide bonds. The quantitative estimate of drug-likeness (QED) is 0.843. The molecule has 0 saturated carbocycles. The fraction of sp³-hybridized carbons (Fsp3) is 0.636. The maximum Gasteiger partial charge on any atom is 0.0933 e. The van der Waals surface area contributed by atoms with Crippen LogP contribution in [-0.4, -0.2) is 42.4 Å². The van der Waals surface area contributed by atoms with E-state index < -0.39 is 0 Å². The molecule has 4 heteroatoms. The number of rotatable bonds is 3. The number of ether oxygens (including phenoxy) is 1. The minimum atomic E-state index is -0.000177. The smallest absolute Gasteiger partial charge is 0.0933 e. The molecule has 0 aromatic carbocycles. The van der Waals surface area contributed by atoms with Crippen LogP contribution in [0.3, 0.4) is 0 Å². The van der Waals surface area contributed by atoms with Crippen molar-refractivity contribution in [3.05, 3.63) is 21.9 Å². The fourth-order valence-corrected chi connectivity index (χ4v) is 2.76. The predicted octanol–water partition coefficient (Wildman–Crippen LogP) is 1.25. The van der Waals surface area contributed by atoms with Crippen LogP contribution in [0.25, 0.3) is 0 Å². The zero-order valence-corrected chi connectivity index (χ0v) is 9.80. The highest BCUT2D eigenvalue weighted by Crippen LogP contribution is 2.18. The van der Waals surface area contributed by atoms with Gasteiger partial charge in [-0.3, -0.25) is 4.90 Å². The van der Waals surface area contributed by atoms with E-state index in [-0.39, 0.29) is 12.7 Å². The SMILES string of the molecule is Cc1ccc(CN2CCOC(CO)C2)s1. The average molecular weight is 227 g/mol. The van der Waals surface area contributed by atoms with Gasteiger partial charge in [0.15, 0.2) is 0 Å². The normalized spacial score (nSPS) is 23.2. The Labute approximate surface area is 94.3 Å². The van der Waals surface area contributed by atoms with Gasteiger partial charge in [0.1, 0.15) is 0 Å². The Morgan fingerprint density at radius 2 is 2.47 bits per heavy atom. The van der Waals surface area contributed by atoms with Gasteiger partial charge >= 0.3 is 0 Å². The average Bonchev–Trinajstić information content (AvgIpc) is 2.64. The second kappa shape index (κ2) is 5.07. The summed E-state index contributed by atoms with van der Waals surface area (Å²) in [5, 5.41) is 9.03. The molecule has 1 saturated heterocycles. The van der Waals surface area contributed by atoms with Gasteiger partial charge in [-0.15, -0.1) is 11.3 Å². The van der Waals surface area contributed by atoms with E-state index in [9.17, 15) is 0 Å². The Morgan fingerprint density at radius 3 is 3.13 bits per heavy atom. The van der Waals surface area contributed by atoms with E-state index in [1.165, 1.54) is 9.75 Å². The predicted molar refractivity (Wildman–Crippen MR) is 61.2 cm³/mol. The third-order valence-corrected chi connectivity index (χ3v) is 3.59. The molecule has 1 aliphatic rings. The van der Waals surface area contributed by atoms with Crippen molar-refractivity contribution in [2.45, 2.75) is 19.6 Å². The summed E-state index contributed by atoms with van der Waals surface area (Å²) in [5.74, 6) is 0. The van der Waals surface area contributed by atoms with Crippen LogP contribution >= 0.6 is 11.3 Å². The van der Waals surface area contributed by atoms with E-state index in [0.717, 1.165) is 26.2 Å². The van der Waals surface area contributed by atoms with Gasteiger partial charge in [0.05, 0.1) is 19.3 Å². The van der Waals surface area contributed by atoms with Crippen LogP contribution in [0.1, 0.15) is 9.75 Å². The van der Waals surface area contributed by atoms with Gasteiger partial charge in [-0.2, -0.15) is 0 Å². The number of nitrogens with zero attached hydrogens (tertiary/aromatic N) is 1. The summed E-state index contributed by atoms with van der Waals surface area (Å²) in [6.07, 6.45) is -0.000177. The molecule has 1 aromatic rings. The first kappa shape index (κ1) is 11.1. The fourth-order valence-electron chi connectivity index (χ4n) is 1.82. The van der Waals surface area contributed by atoms with Crippen LogP contribution in [0.15, 0.2) is 12.1 Å². The molecule has 2 heterocycles. The molecular weight excluding hydrogens is 210 g/mol. The molecule has 0 bridgehead atoms. The summed E-state index contributed by atoms with van der Waals surface area (Å²) >= 11 is 1.85. The van der Waals surface area contributed by atoms with Gasteiger partial charge in [0, 0.05) is 29.4 Å². The summed E-state index contributed by atoms with van der Waals surface area (Å²) in [4.78, 5) is 5.10. The molecule has 84 valence electrons. The first-order chi connectivity index (χ1) is 7.28. The monoisotopic (exact) mass is 227 g/mol. The summed E-state index contributed by atoms with van der Waals surface area (Å²) in [5.41, 5.74) is 0. The molecule has 1 unspecified atom stereocenters. The van der Waals surface area contributed by atoms with Gasteiger partial charge in [-0.1, -0.05) is 0 Å². The first-order valence-electron chi connectivity index (χ1n) is 5.28. The first-order valence-corrected chi connectivity index (χ1v) is 6.09. The maximum absolute atomic E-state index is 9.03. The van der Waals surface area contributed by atoms with E-state index in [0.29, 0.717) is 0 Å². The number of aliphatic hydroxyl groups excluding tert-OH is 1. The second-order valence-electron chi connectivity index (χ2n) is 3.92. The van der Waals surface area contributed by atoms with Crippen molar-refractivity contribution in [3.63, 3.8) is 0 Å². The number of aryl methyl sites for hydroxylation is 1. The highest BCUT2D eigenvalue weighted by atomic mass is 32.1. The Bertz CT molecular complexity index is 313. The van der Waals surface area contributed by atoms with Gasteiger partial charge in [0.25, 0.3) is 0 Å². The lowest BCUT2D eigenvalue weighted by atomic mass is 10.3. The molecule has 1 aliphatic heterocycles. The van der Waals surface area contributed by atoms with E-state index >= 15 is 0 Å². The van der Waals surface area contributed by atoms with E-state index in [1.54, 1.807) is 0 Å². The van der Waals surface area contributed by atoms with E-state index in [4.69, 9.17) is 9.84 Å². The van der Waals surface area contributed by atoms with Crippen molar-refractivity contribution in [2.75, 3.05) is 26.3 Å². The lowest BCUT2D eigenvalue weighted by Crippen LogP contribution is -2.43. The zero-order chi connectivity index (χ0) is 10.7. The Balaban J connectivity index is 1.88. The maximum atomic E-state index is 9.03. The highest BCUT2D eigenvalue weighted by Gasteiger charge is 2.19. The molecule has 1 aromatic heterocycles. The van der Waals surface area contributed by atoms with Crippen molar-refractivity contribution < 1.29 is 9.84 Å². The lowest BCUT2D eigenvalue weighted by Gasteiger charge is -2.31. The Hall–Kier alpha value is -0.420. The standard InChI is InChI=1S/C11H17NO2S/c1-9-2-3-11(15-9)7-12-4-5-14-10(6-12)8-13/h2-3,10,13H,4-8H2,1H3. The van der Waals surface area contributed by atoms with Crippen molar-refractivity contribution in [1.82, 2.24) is 4.90 Å². The highest BCUT2D eigenvalue weighted by molar-refractivity contribution is 7.11. The van der Waals surface area contributed by atoms with Crippen LogP contribution in [-0.2, 0) is 11.3 Å². The van der Waals surface area contributed by atoms with Crippen LogP contribution in [0.5, 0.6) is 0 Å². The topological polar surface area (TPSA) is 32.7 Å². The molecule has 0 spiro atoms. The molecule has 1 N–H and O–H groups in total. The number of hydrogen-bond acceptors (Lipinski definition) is 4. The van der Waals surface area contributed by atoms with Gasteiger partial charge in [0.2, 0.25) is 0 Å². The van der Waals surface area contributed by atoms with Crippen molar-refractivity contribution in [2.24, 2.45) is 0 Å².